The van der Waals surface area contributed by atoms with Crippen LogP contribution < -0.4 is 0 Å². The predicted molar refractivity (Wildman–Crippen MR) is 213 cm³/mol. The summed E-state index contributed by atoms with van der Waals surface area (Å²) in [5, 5.41) is 7.28. The highest BCUT2D eigenvalue weighted by Crippen LogP contribution is 2.38. The topological polar surface area (TPSA) is 23.0 Å². The summed E-state index contributed by atoms with van der Waals surface area (Å²) in [5.74, 6) is 0. The maximum absolute atomic E-state index is 6.28. The van der Waals surface area contributed by atoms with Gasteiger partial charge in [-0.1, -0.05) is 115 Å². The van der Waals surface area contributed by atoms with Crippen LogP contribution >= 0.6 is 0 Å². The molecule has 0 N–H and O–H groups in total. The van der Waals surface area contributed by atoms with E-state index in [0.717, 1.165) is 27.6 Å². The number of para-hydroxylation sites is 4. The Hall–Kier alpha value is -6.84. The summed E-state index contributed by atoms with van der Waals surface area (Å²) >= 11 is 0. The van der Waals surface area contributed by atoms with Gasteiger partial charge in [-0.25, -0.2) is 0 Å². The first-order valence-corrected chi connectivity index (χ1v) is 17.4. The summed E-state index contributed by atoms with van der Waals surface area (Å²) in [7, 11) is 0. The van der Waals surface area contributed by atoms with Crippen molar-refractivity contribution < 1.29 is 4.42 Å². The van der Waals surface area contributed by atoms with E-state index in [1.54, 1.807) is 0 Å². The van der Waals surface area contributed by atoms with Crippen LogP contribution in [0.15, 0.2) is 186 Å². The third kappa shape index (κ3) is 4.25. The lowest BCUT2D eigenvalue weighted by molar-refractivity contribution is 0.668. The minimum absolute atomic E-state index is 0.900. The number of hydrogen-bond donors (Lipinski definition) is 0. The Labute approximate surface area is 293 Å². The first kappa shape index (κ1) is 28.0. The standard InChI is InChI=1S/C48H30N2O/c1-2-10-35(11-3-1)49-43-15-7-4-12-37(43)39-25-22-34(29-46(39)49)32-20-18-31(19-21-32)33-23-27-45-42(28-33)38-13-5-8-16-44(38)50(45)36-24-26-41-40-14-6-9-17-47(40)51-48(41)30-36/h1-30H. The molecule has 0 saturated heterocycles. The van der Waals surface area contributed by atoms with Gasteiger partial charge in [0.25, 0.3) is 0 Å². The Morgan fingerprint density at radius 3 is 1.55 bits per heavy atom. The minimum Gasteiger partial charge on any atom is -0.456 e. The highest BCUT2D eigenvalue weighted by atomic mass is 16.3. The monoisotopic (exact) mass is 650 g/mol. The van der Waals surface area contributed by atoms with Gasteiger partial charge in [-0.2, -0.15) is 0 Å². The van der Waals surface area contributed by atoms with E-state index in [2.05, 4.69) is 179 Å². The molecule has 0 bridgehead atoms. The molecule has 0 fully saturated rings. The molecule has 11 rings (SSSR count). The smallest absolute Gasteiger partial charge is 0.137 e. The molecule has 0 aliphatic heterocycles. The predicted octanol–water partition coefficient (Wildman–Crippen LogP) is 13.1. The van der Waals surface area contributed by atoms with Gasteiger partial charge in [-0.15, -0.1) is 0 Å². The van der Waals surface area contributed by atoms with Crippen molar-refractivity contribution in [3.63, 3.8) is 0 Å². The molecule has 0 aliphatic rings. The largest absolute Gasteiger partial charge is 0.456 e. The van der Waals surface area contributed by atoms with Gasteiger partial charge in [0.05, 0.1) is 22.1 Å². The number of fused-ring (bicyclic) bond motifs is 9. The van der Waals surface area contributed by atoms with Crippen LogP contribution in [0.25, 0.3) is 99.2 Å². The maximum atomic E-state index is 6.28. The highest BCUT2D eigenvalue weighted by molar-refractivity contribution is 6.12. The Bertz CT molecular complexity index is 3120. The van der Waals surface area contributed by atoms with Gasteiger partial charge in [0.1, 0.15) is 11.2 Å². The number of benzene rings is 8. The van der Waals surface area contributed by atoms with E-state index in [1.807, 2.05) is 12.1 Å². The van der Waals surface area contributed by atoms with E-state index in [0.29, 0.717) is 0 Å². The van der Waals surface area contributed by atoms with Gasteiger partial charge in [0.2, 0.25) is 0 Å². The van der Waals surface area contributed by atoms with Crippen LogP contribution in [-0.4, -0.2) is 9.13 Å². The fraction of sp³-hybridized carbons (Fsp3) is 0. The van der Waals surface area contributed by atoms with Gasteiger partial charge in [0, 0.05) is 49.8 Å². The highest BCUT2D eigenvalue weighted by Gasteiger charge is 2.16. The molecule has 0 unspecified atom stereocenters. The average molecular weight is 651 g/mol. The van der Waals surface area contributed by atoms with E-state index in [9.17, 15) is 0 Å². The van der Waals surface area contributed by atoms with Gasteiger partial charge in [-0.05, 0) is 82.9 Å². The molecular formula is C48H30N2O. The van der Waals surface area contributed by atoms with Crippen molar-refractivity contribution in [3.05, 3.63) is 182 Å². The number of furan rings is 1. The summed E-state index contributed by atoms with van der Waals surface area (Å²) in [6, 6.07) is 65.5. The van der Waals surface area contributed by atoms with Crippen LogP contribution in [-0.2, 0) is 0 Å². The fourth-order valence-corrected chi connectivity index (χ4v) is 8.14. The van der Waals surface area contributed by atoms with Crippen LogP contribution in [0.1, 0.15) is 0 Å². The normalized spacial score (nSPS) is 11.9. The molecule has 3 aromatic heterocycles. The zero-order valence-corrected chi connectivity index (χ0v) is 27.6. The van der Waals surface area contributed by atoms with E-state index in [-0.39, 0.29) is 0 Å². The van der Waals surface area contributed by atoms with Crippen LogP contribution in [0.3, 0.4) is 0 Å². The molecule has 3 nitrogen and oxygen atoms in total. The molecule has 0 aliphatic carbocycles. The van der Waals surface area contributed by atoms with E-state index >= 15 is 0 Å². The molecule has 51 heavy (non-hydrogen) atoms. The minimum atomic E-state index is 0.900. The summed E-state index contributed by atoms with van der Waals surface area (Å²) in [6.07, 6.45) is 0. The molecule has 11 aromatic rings. The molecule has 0 saturated carbocycles. The lowest BCUT2D eigenvalue weighted by Gasteiger charge is -2.10. The second-order valence-corrected chi connectivity index (χ2v) is 13.4. The maximum Gasteiger partial charge on any atom is 0.137 e. The Morgan fingerprint density at radius 2 is 0.784 bits per heavy atom. The molecule has 0 spiro atoms. The average Bonchev–Trinajstić information content (AvgIpc) is 3.85. The summed E-state index contributed by atoms with van der Waals surface area (Å²) in [4.78, 5) is 0. The fourth-order valence-electron chi connectivity index (χ4n) is 8.14. The van der Waals surface area contributed by atoms with Crippen LogP contribution in [0.5, 0.6) is 0 Å². The third-order valence-corrected chi connectivity index (χ3v) is 10.5. The Morgan fingerprint density at radius 1 is 0.275 bits per heavy atom. The Balaban J connectivity index is 0.998. The van der Waals surface area contributed by atoms with Crippen molar-refractivity contribution in [3.8, 4) is 33.6 Å². The molecule has 3 heterocycles. The summed E-state index contributed by atoms with van der Waals surface area (Å²) < 4.78 is 11.0. The van der Waals surface area contributed by atoms with Crippen molar-refractivity contribution in [1.82, 2.24) is 9.13 Å². The van der Waals surface area contributed by atoms with Crippen molar-refractivity contribution in [2.45, 2.75) is 0 Å². The first-order valence-electron chi connectivity index (χ1n) is 17.4. The number of rotatable bonds is 4. The number of hydrogen-bond acceptors (Lipinski definition) is 1. The van der Waals surface area contributed by atoms with Crippen LogP contribution in [0, 0.1) is 0 Å². The number of aromatic nitrogens is 2. The first-order chi connectivity index (χ1) is 25.3. The summed E-state index contributed by atoms with van der Waals surface area (Å²) in [5.41, 5.74) is 13.7. The van der Waals surface area contributed by atoms with Crippen molar-refractivity contribution in [2.24, 2.45) is 0 Å². The molecule has 238 valence electrons. The van der Waals surface area contributed by atoms with Gasteiger partial charge >= 0.3 is 0 Å². The van der Waals surface area contributed by atoms with Crippen LogP contribution in [0.2, 0.25) is 0 Å². The van der Waals surface area contributed by atoms with E-state index in [4.69, 9.17) is 4.42 Å². The molecular weight excluding hydrogens is 621 g/mol. The SMILES string of the molecule is c1ccc(-n2c3ccccc3c3ccc(-c4ccc(-c5ccc6c(c5)c5ccccc5n6-c5ccc6c(c5)oc5ccccc56)cc4)cc32)cc1. The molecule has 8 aromatic carbocycles. The lowest BCUT2D eigenvalue weighted by atomic mass is 9.98. The third-order valence-electron chi connectivity index (χ3n) is 10.5. The second-order valence-electron chi connectivity index (χ2n) is 13.4. The Kier molecular flexibility index (Phi) is 5.96. The van der Waals surface area contributed by atoms with Crippen molar-refractivity contribution in [1.29, 1.82) is 0 Å². The van der Waals surface area contributed by atoms with Crippen molar-refractivity contribution in [2.75, 3.05) is 0 Å². The van der Waals surface area contributed by atoms with Crippen LogP contribution in [0.4, 0.5) is 0 Å². The van der Waals surface area contributed by atoms with Crippen molar-refractivity contribution >= 4 is 65.6 Å². The molecule has 0 amide bonds. The van der Waals surface area contributed by atoms with Gasteiger partial charge < -0.3 is 13.6 Å². The molecule has 3 heteroatoms. The lowest BCUT2D eigenvalue weighted by Crippen LogP contribution is -1.93. The zero-order chi connectivity index (χ0) is 33.5. The molecule has 0 radical (unpaired) electrons. The van der Waals surface area contributed by atoms with E-state index in [1.165, 1.54) is 71.6 Å². The zero-order valence-electron chi connectivity index (χ0n) is 27.6. The van der Waals surface area contributed by atoms with E-state index < -0.39 is 0 Å². The quantitative estimate of drug-likeness (QED) is 0.186. The van der Waals surface area contributed by atoms with Gasteiger partial charge in [-0.3, -0.25) is 0 Å². The number of nitrogens with zero attached hydrogens (tertiary/aromatic N) is 2. The molecule has 0 atom stereocenters. The van der Waals surface area contributed by atoms with Gasteiger partial charge in [0.15, 0.2) is 0 Å². The summed E-state index contributed by atoms with van der Waals surface area (Å²) in [6.45, 7) is 0. The second kappa shape index (κ2) is 10.8.